The van der Waals surface area contributed by atoms with Gasteiger partial charge >= 0.3 is 0 Å². The van der Waals surface area contributed by atoms with E-state index in [4.69, 9.17) is 9.47 Å². The van der Waals surface area contributed by atoms with Crippen molar-refractivity contribution in [1.82, 2.24) is 14.4 Å². The highest BCUT2D eigenvalue weighted by Crippen LogP contribution is 2.38. The van der Waals surface area contributed by atoms with Gasteiger partial charge in [-0.2, -0.15) is 0 Å². The molecular weight excluding hydrogens is 394 g/mol. The van der Waals surface area contributed by atoms with Crippen LogP contribution in [0.2, 0.25) is 0 Å². The molecule has 4 rings (SSSR count). The Balaban J connectivity index is 1.36. The van der Waals surface area contributed by atoms with E-state index in [9.17, 15) is 9.59 Å². The number of amides is 1. The number of carbonyl (C=O) groups is 2. The highest BCUT2D eigenvalue weighted by atomic mass is 16.5. The molecule has 166 valence electrons. The van der Waals surface area contributed by atoms with Crippen LogP contribution in [0, 0.1) is 13.8 Å². The molecule has 0 N–H and O–H groups in total. The molecule has 1 aromatic heterocycles. The molecule has 1 saturated carbocycles. The first-order chi connectivity index (χ1) is 14.9. The summed E-state index contributed by atoms with van der Waals surface area (Å²) in [5.74, 6) is 1.31. The van der Waals surface area contributed by atoms with Crippen LogP contribution in [0.1, 0.15) is 51.0 Å². The van der Waals surface area contributed by atoms with Crippen molar-refractivity contribution in [3.05, 3.63) is 46.8 Å². The Labute approximate surface area is 183 Å². The number of rotatable bonds is 7. The molecule has 2 heterocycles. The van der Waals surface area contributed by atoms with Crippen molar-refractivity contribution in [2.75, 3.05) is 46.9 Å². The monoisotopic (exact) mass is 425 g/mol. The molecule has 1 aromatic carbocycles. The lowest BCUT2D eigenvalue weighted by Crippen LogP contribution is -2.49. The maximum Gasteiger partial charge on any atom is 0.254 e. The second-order valence-corrected chi connectivity index (χ2v) is 8.48. The van der Waals surface area contributed by atoms with Crippen molar-refractivity contribution in [3.63, 3.8) is 0 Å². The number of Topliss-reactive ketones (excluding diaryl/α,β-unsaturated/α-hetero) is 1. The van der Waals surface area contributed by atoms with Crippen molar-refractivity contribution in [2.45, 2.75) is 32.7 Å². The summed E-state index contributed by atoms with van der Waals surface area (Å²) in [6, 6.07) is 7.82. The van der Waals surface area contributed by atoms with E-state index in [1.165, 1.54) is 18.5 Å². The summed E-state index contributed by atoms with van der Waals surface area (Å²) in [5.41, 5.74) is 3.65. The average molecular weight is 426 g/mol. The van der Waals surface area contributed by atoms with Crippen LogP contribution in [0.25, 0.3) is 0 Å². The summed E-state index contributed by atoms with van der Waals surface area (Å²) in [6.07, 6.45) is 2.41. The predicted molar refractivity (Wildman–Crippen MR) is 118 cm³/mol. The predicted octanol–water partition coefficient (Wildman–Crippen LogP) is 3.10. The number of ketones is 1. The number of carbonyl (C=O) groups excluding carboxylic acids is 2. The molecule has 1 amide bonds. The number of aromatic nitrogens is 1. The lowest BCUT2D eigenvalue weighted by molar-refractivity contribution is 0.0623. The molecule has 0 spiro atoms. The third-order valence-corrected chi connectivity index (χ3v) is 6.32. The second kappa shape index (κ2) is 8.75. The van der Waals surface area contributed by atoms with E-state index >= 15 is 0 Å². The van der Waals surface area contributed by atoms with Crippen molar-refractivity contribution in [1.29, 1.82) is 0 Å². The summed E-state index contributed by atoms with van der Waals surface area (Å²) in [5, 5.41) is 0. The first kappa shape index (κ1) is 21.4. The highest BCUT2D eigenvalue weighted by Gasteiger charge is 2.29. The van der Waals surface area contributed by atoms with Crippen molar-refractivity contribution < 1.29 is 19.1 Å². The Morgan fingerprint density at radius 3 is 2.10 bits per heavy atom. The maximum absolute atomic E-state index is 13.0. The molecule has 0 bridgehead atoms. The third kappa shape index (κ3) is 4.46. The maximum atomic E-state index is 13.0. The SMILES string of the molecule is COc1cc(OC)cc(C(=O)N2CCN(CC(=O)c3cc(C)n(C4CC4)c3C)CC2)c1. The first-order valence-electron chi connectivity index (χ1n) is 10.9. The smallest absolute Gasteiger partial charge is 0.254 e. The van der Waals surface area contributed by atoms with Crippen LogP contribution in [0.15, 0.2) is 24.3 Å². The fourth-order valence-corrected chi connectivity index (χ4v) is 4.46. The topological polar surface area (TPSA) is 64.0 Å². The van der Waals surface area contributed by atoms with E-state index in [1.807, 2.05) is 11.0 Å². The average Bonchev–Trinajstić information content (AvgIpc) is 3.57. The highest BCUT2D eigenvalue weighted by molar-refractivity contribution is 5.99. The van der Waals surface area contributed by atoms with Crippen LogP contribution in [0.3, 0.4) is 0 Å². The van der Waals surface area contributed by atoms with Crippen molar-refractivity contribution >= 4 is 11.7 Å². The Kier molecular flexibility index (Phi) is 6.05. The Morgan fingerprint density at radius 1 is 0.935 bits per heavy atom. The van der Waals surface area contributed by atoms with Crippen LogP contribution >= 0.6 is 0 Å². The van der Waals surface area contributed by atoms with Crippen LogP contribution < -0.4 is 9.47 Å². The molecule has 0 atom stereocenters. The van der Waals surface area contributed by atoms with Gasteiger partial charge in [-0.15, -0.1) is 0 Å². The molecule has 2 aliphatic rings. The molecular formula is C24H31N3O4. The summed E-state index contributed by atoms with van der Waals surface area (Å²) >= 11 is 0. The van der Waals surface area contributed by atoms with E-state index in [0.29, 0.717) is 55.8 Å². The molecule has 0 radical (unpaired) electrons. The van der Waals surface area contributed by atoms with Gasteiger partial charge < -0.3 is 18.9 Å². The molecule has 7 nitrogen and oxygen atoms in total. The molecule has 2 aromatic rings. The molecule has 7 heteroatoms. The van der Waals surface area contributed by atoms with E-state index in [2.05, 4.69) is 23.3 Å². The van der Waals surface area contributed by atoms with Crippen LogP contribution in [-0.2, 0) is 0 Å². The van der Waals surface area contributed by atoms with Gasteiger partial charge in [0.15, 0.2) is 5.78 Å². The van der Waals surface area contributed by atoms with Gasteiger partial charge in [0.2, 0.25) is 0 Å². The fourth-order valence-electron chi connectivity index (χ4n) is 4.46. The van der Waals surface area contributed by atoms with Crippen molar-refractivity contribution in [2.24, 2.45) is 0 Å². The summed E-state index contributed by atoms with van der Waals surface area (Å²) in [7, 11) is 3.14. The van der Waals surface area contributed by atoms with E-state index in [1.54, 1.807) is 32.4 Å². The van der Waals surface area contributed by atoms with Gasteiger partial charge in [0.1, 0.15) is 11.5 Å². The van der Waals surface area contributed by atoms with Crippen LogP contribution in [-0.4, -0.2) is 73.0 Å². The molecule has 1 aliphatic carbocycles. The number of hydrogen-bond acceptors (Lipinski definition) is 5. The number of methoxy groups -OCH3 is 2. The quantitative estimate of drug-likeness (QED) is 0.638. The van der Waals surface area contributed by atoms with Gasteiger partial charge in [0, 0.05) is 60.8 Å². The van der Waals surface area contributed by atoms with Crippen molar-refractivity contribution in [3.8, 4) is 11.5 Å². The number of nitrogens with zero attached hydrogens (tertiary/aromatic N) is 3. The lowest BCUT2D eigenvalue weighted by Gasteiger charge is -2.34. The normalized spacial score (nSPS) is 17.0. The van der Waals surface area contributed by atoms with E-state index < -0.39 is 0 Å². The number of hydrogen-bond donors (Lipinski definition) is 0. The Bertz CT molecular complexity index is 963. The van der Waals surface area contributed by atoms with E-state index in [0.717, 1.165) is 11.3 Å². The van der Waals surface area contributed by atoms with Gasteiger partial charge in [0.25, 0.3) is 5.91 Å². The van der Waals surface area contributed by atoms with Crippen LogP contribution in [0.4, 0.5) is 0 Å². The third-order valence-electron chi connectivity index (χ3n) is 6.32. The number of aryl methyl sites for hydroxylation is 1. The molecule has 1 saturated heterocycles. The minimum atomic E-state index is -0.0452. The van der Waals surface area contributed by atoms with Gasteiger partial charge in [-0.25, -0.2) is 0 Å². The number of benzene rings is 1. The minimum absolute atomic E-state index is 0.0452. The molecule has 1 aliphatic heterocycles. The zero-order valence-electron chi connectivity index (χ0n) is 18.8. The zero-order valence-corrected chi connectivity index (χ0v) is 18.8. The lowest BCUT2D eigenvalue weighted by atomic mass is 10.1. The number of ether oxygens (including phenoxy) is 2. The summed E-state index contributed by atoms with van der Waals surface area (Å²) < 4.78 is 12.9. The van der Waals surface area contributed by atoms with Gasteiger partial charge in [-0.05, 0) is 44.9 Å². The molecule has 31 heavy (non-hydrogen) atoms. The summed E-state index contributed by atoms with van der Waals surface area (Å²) in [6.45, 7) is 7.07. The second-order valence-electron chi connectivity index (χ2n) is 8.48. The van der Waals surface area contributed by atoms with Gasteiger partial charge in [0.05, 0.1) is 20.8 Å². The minimum Gasteiger partial charge on any atom is -0.497 e. The van der Waals surface area contributed by atoms with Gasteiger partial charge in [-0.3, -0.25) is 14.5 Å². The first-order valence-corrected chi connectivity index (χ1v) is 10.9. The molecule has 2 fully saturated rings. The largest absolute Gasteiger partial charge is 0.497 e. The molecule has 0 unspecified atom stereocenters. The van der Waals surface area contributed by atoms with Crippen LogP contribution in [0.5, 0.6) is 11.5 Å². The van der Waals surface area contributed by atoms with E-state index in [-0.39, 0.29) is 11.7 Å². The number of piperazine rings is 1. The van der Waals surface area contributed by atoms with Gasteiger partial charge in [-0.1, -0.05) is 0 Å². The standard InChI is InChI=1S/C24H31N3O4/c1-16-11-22(17(2)27(16)19-5-6-19)23(28)15-25-7-9-26(10-8-25)24(29)18-12-20(30-3)14-21(13-18)31-4/h11-14,19H,5-10,15H2,1-4H3. The Morgan fingerprint density at radius 2 is 1.55 bits per heavy atom. The zero-order chi connectivity index (χ0) is 22.1. The Hall–Kier alpha value is -2.80. The fraction of sp³-hybridized carbons (Fsp3) is 0.500. The summed E-state index contributed by atoms with van der Waals surface area (Å²) in [4.78, 5) is 29.9.